The van der Waals surface area contributed by atoms with Crippen LogP contribution in [0.4, 0.5) is 10.1 Å². The molecule has 0 unspecified atom stereocenters. The maximum Gasteiger partial charge on any atom is 0.243 e. The van der Waals surface area contributed by atoms with E-state index in [-0.39, 0.29) is 24.9 Å². The zero-order chi connectivity index (χ0) is 22.0. The van der Waals surface area contributed by atoms with E-state index in [1.54, 1.807) is 4.90 Å². The number of piperazine rings is 1. The summed E-state index contributed by atoms with van der Waals surface area (Å²) >= 11 is 0. The van der Waals surface area contributed by atoms with Crippen molar-refractivity contribution in [2.45, 2.75) is 6.54 Å². The molecule has 1 N–H and O–H groups in total. The van der Waals surface area contributed by atoms with Crippen LogP contribution in [-0.2, 0) is 21.4 Å². The molecule has 1 amide bonds. The van der Waals surface area contributed by atoms with E-state index in [4.69, 9.17) is 9.47 Å². The van der Waals surface area contributed by atoms with Crippen molar-refractivity contribution < 1.29 is 32.0 Å². The van der Waals surface area contributed by atoms with Crippen molar-refractivity contribution in [1.82, 2.24) is 4.90 Å². The molecular weight excluding hydrogens is 425 g/mol. The van der Waals surface area contributed by atoms with Crippen LogP contribution < -0.4 is 18.7 Å². The first kappa shape index (κ1) is 21.4. The zero-order valence-corrected chi connectivity index (χ0v) is 18.0. The highest BCUT2D eigenvalue weighted by molar-refractivity contribution is 7.92. The van der Waals surface area contributed by atoms with Crippen molar-refractivity contribution in [1.29, 1.82) is 0 Å². The molecule has 0 bridgehead atoms. The Kier molecular flexibility index (Phi) is 6.01. The molecule has 2 aliphatic rings. The van der Waals surface area contributed by atoms with Crippen LogP contribution >= 0.6 is 0 Å². The van der Waals surface area contributed by atoms with Crippen molar-refractivity contribution in [2.75, 3.05) is 50.1 Å². The lowest BCUT2D eigenvalue weighted by molar-refractivity contribution is -0.917. The topological polar surface area (TPSA) is 80.6 Å². The standard InChI is InChI=1S/C21H24FN3O5S/c1-31(27,28)25(18-4-2-3-17(22)12-18)14-21(26)24-9-7-23(8-10-24)13-16-5-6-19-20(11-16)30-15-29-19/h2-6,11-12H,7-10,13-15H2,1H3/p+1. The first-order valence-electron chi connectivity index (χ1n) is 10.0. The smallest absolute Gasteiger partial charge is 0.243 e. The van der Waals surface area contributed by atoms with Crippen molar-refractivity contribution >= 4 is 21.6 Å². The number of anilines is 1. The maximum absolute atomic E-state index is 13.6. The van der Waals surface area contributed by atoms with E-state index >= 15 is 0 Å². The average molecular weight is 451 g/mol. The number of quaternary nitrogens is 1. The molecule has 166 valence electrons. The number of rotatable bonds is 6. The molecule has 0 aromatic heterocycles. The highest BCUT2D eigenvalue weighted by Crippen LogP contribution is 2.32. The molecule has 10 heteroatoms. The quantitative estimate of drug-likeness (QED) is 0.683. The van der Waals surface area contributed by atoms with Crippen LogP contribution in [0.1, 0.15) is 5.56 Å². The number of halogens is 1. The van der Waals surface area contributed by atoms with E-state index in [1.165, 1.54) is 23.1 Å². The van der Waals surface area contributed by atoms with Gasteiger partial charge in [0.15, 0.2) is 11.5 Å². The van der Waals surface area contributed by atoms with Crippen LogP contribution in [0.2, 0.25) is 0 Å². The van der Waals surface area contributed by atoms with Gasteiger partial charge in [0.05, 0.1) is 38.1 Å². The third kappa shape index (κ3) is 5.08. The summed E-state index contributed by atoms with van der Waals surface area (Å²) < 4.78 is 49.7. The molecule has 0 atom stereocenters. The minimum absolute atomic E-state index is 0.142. The molecular formula is C21H25FN3O5S+. The van der Waals surface area contributed by atoms with E-state index < -0.39 is 15.8 Å². The predicted octanol–water partition coefficient (Wildman–Crippen LogP) is 0.248. The van der Waals surface area contributed by atoms with E-state index in [9.17, 15) is 17.6 Å². The number of hydrogen-bond acceptors (Lipinski definition) is 5. The van der Waals surface area contributed by atoms with Gasteiger partial charge in [-0.3, -0.25) is 9.10 Å². The molecule has 2 aromatic rings. The van der Waals surface area contributed by atoms with Gasteiger partial charge < -0.3 is 19.3 Å². The molecule has 0 spiro atoms. The normalized spacial score (nSPS) is 16.4. The van der Waals surface area contributed by atoms with Gasteiger partial charge in [-0.25, -0.2) is 12.8 Å². The number of benzene rings is 2. The second-order valence-corrected chi connectivity index (χ2v) is 9.65. The van der Waals surface area contributed by atoms with Gasteiger partial charge in [-0.05, 0) is 36.4 Å². The number of nitrogens with one attached hydrogen (secondary N) is 1. The third-order valence-electron chi connectivity index (χ3n) is 5.49. The van der Waals surface area contributed by atoms with Gasteiger partial charge >= 0.3 is 0 Å². The molecule has 0 saturated carbocycles. The number of nitrogens with zero attached hydrogens (tertiary/aromatic N) is 2. The molecule has 2 aliphatic heterocycles. The van der Waals surface area contributed by atoms with Crippen LogP contribution in [0.3, 0.4) is 0 Å². The van der Waals surface area contributed by atoms with Gasteiger partial charge in [0.2, 0.25) is 22.7 Å². The first-order valence-corrected chi connectivity index (χ1v) is 11.9. The highest BCUT2D eigenvalue weighted by atomic mass is 32.2. The Hall–Kier alpha value is -2.85. The Labute approximate surface area is 180 Å². The second kappa shape index (κ2) is 8.72. The molecule has 1 saturated heterocycles. The van der Waals surface area contributed by atoms with Crippen molar-refractivity contribution in [3.63, 3.8) is 0 Å². The number of hydrogen-bond donors (Lipinski definition) is 1. The molecule has 1 fully saturated rings. The molecule has 0 radical (unpaired) electrons. The molecule has 8 nitrogen and oxygen atoms in total. The second-order valence-electron chi connectivity index (χ2n) is 7.74. The van der Waals surface area contributed by atoms with Crippen molar-refractivity contribution in [3.8, 4) is 11.5 Å². The fourth-order valence-corrected chi connectivity index (χ4v) is 4.68. The minimum Gasteiger partial charge on any atom is -0.454 e. The number of fused-ring (bicyclic) bond motifs is 1. The summed E-state index contributed by atoms with van der Waals surface area (Å²) in [5.41, 5.74) is 1.27. The van der Waals surface area contributed by atoms with E-state index in [0.29, 0.717) is 13.1 Å². The fourth-order valence-electron chi connectivity index (χ4n) is 3.84. The minimum atomic E-state index is -3.73. The SMILES string of the molecule is CS(=O)(=O)N(CC(=O)N1CC[NH+](Cc2ccc3c(c2)OCO3)CC1)c1cccc(F)c1. The monoisotopic (exact) mass is 450 g/mol. The summed E-state index contributed by atoms with van der Waals surface area (Å²) in [6.45, 7) is 3.25. The van der Waals surface area contributed by atoms with Crippen LogP contribution in [0.5, 0.6) is 11.5 Å². The number of ether oxygens (including phenoxy) is 2. The summed E-state index contributed by atoms with van der Waals surface area (Å²) in [7, 11) is -3.73. The first-order chi connectivity index (χ1) is 14.8. The largest absolute Gasteiger partial charge is 0.454 e. The van der Waals surface area contributed by atoms with Crippen molar-refractivity contribution in [3.05, 3.63) is 53.8 Å². The lowest BCUT2D eigenvalue weighted by Crippen LogP contribution is -3.13. The molecule has 0 aliphatic carbocycles. The van der Waals surface area contributed by atoms with Crippen LogP contribution in [0.15, 0.2) is 42.5 Å². The zero-order valence-electron chi connectivity index (χ0n) is 17.2. The summed E-state index contributed by atoms with van der Waals surface area (Å²) in [5.74, 6) is 0.656. The van der Waals surface area contributed by atoms with E-state index in [0.717, 1.165) is 53.3 Å². The Morgan fingerprint density at radius 3 is 2.58 bits per heavy atom. The molecule has 31 heavy (non-hydrogen) atoms. The average Bonchev–Trinajstić information content (AvgIpc) is 3.19. The van der Waals surface area contributed by atoms with Gasteiger partial charge in [-0.15, -0.1) is 0 Å². The summed E-state index contributed by atoms with van der Waals surface area (Å²) in [5, 5.41) is 0. The Bertz CT molecular complexity index is 1070. The van der Waals surface area contributed by atoms with Gasteiger partial charge in [0.1, 0.15) is 18.9 Å². The van der Waals surface area contributed by atoms with Gasteiger partial charge in [0, 0.05) is 5.56 Å². The molecule has 2 heterocycles. The van der Waals surface area contributed by atoms with Crippen molar-refractivity contribution in [2.24, 2.45) is 0 Å². The summed E-state index contributed by atoms with van der Waals surface area (Å²) in [4.78, 5) is 15.8. The Balaban J connectivity index is 1.35. The summed E-state index contributed by atoms with van der Waals surface area (Å²) in [6, 6.07) is 11.1. The maximum atomic E-state index is 13.6. The van der Waals surface area contributed by atoms with Crippen LogP contribution in [-0.4, -0.2) is 65.0 Å². The van der Waals surface area contributed by atoms with Gasteiger partial charge in [-0.2, -0.15) is 0 Å². The lowest BCUT2D eigenvalue weighted by Gasteiger charge is -2.33. The van der Waals surface area contributed by atoms with Gasteiger partial charge in [0.25, 0.3) is 0 Å². The number of carbonyl (C=O) groups excluding carboxylic acids is 1. The predicted molar refractivity (Wildman–Crippen MR) is 112 cm³/mol. The number of amides is 1. The van der Waals surface area contributed by atoms with Gasteiger partial charge in [-0.1, -0.05) is 6.07 Å². The lowest BCUT2D eigenvalue weighted by atomic mass is 10.1. The number of sulfonamides is 1. The number of carbonyl (C=O) groups is 1. The third-order valence-corrected chi connectivity index (χ3v) is 6.63. The Morgan fingerprint density at radius 1 is 1.13 bits per heavy atom. The molecule has 4 rings (SSSR count). The summed E-state index contributed by atoms with van der Waals surface area (Å²) in [6.07, 6.45) is 1.01. The van der Waals surface area contributed by atoms with E-state index in [2.05, 4.69) is 0 Å². The van der Waals surface area contributed by atoms with Crippen LogP contribution in [0.25, 0.3) is 0 Å². The highest BCUT2D eigenvalue weighted by Gasteiger charge is 2.28. The van der Waals surface area contributed by atoms with E-state index in [1.807, 2.05) is 18.2 Å². The van der Waals surface area contributed by atoms with Crippen LogP contribution in [0, 0.1) is 5.82 Å². The molecule has 2 aromatic carbocycles. The Morgan fingerprint density at radius 2 is 1.87 bits per heavy atom. The fraction of sp³-hybridized carbons (Fsp3) is 0.381.